The fourth-order valence-electron chi connectivity index (χ4n) is 3.19. The second-order valence-corrected chi connectivity index (χ2v) is 5.32. The molecular weight excluding hydrogens is 188 g/mol. The van der Waals surface area contributed by atoms with Gasteiger partial charge < -0.3 is 10.2 Å². The van der Waals surface area contributed by atoms with Crippen molar-refractivity contribution < 1.29 is 4.79 Å². The summed E-state index contributed by atoms with van der Waals surface area (Å²) in [6.45, 7) is 0.986. The van der Waals surface area contributed by atoms with Gasteiger partial charge in [0.1, 0.15) is 0 Å². The molecule has 84 valence electrons. The van der Waals surface area contributed by atoms with Crippen molar-refractivity contribution in [3.63, 3.8) is 0 Å². The largest absolute Gasteiger partial charge is 0.335 e. The molecule has 2 unspecified atom stereocenters. The van der Waals surface area contributed by atoms with Gasteiger partial charge in [0, 0.05) is 18.6 Å². The van der Waals surface area contributed by atoms with E-state index in [9.17, 15) is 4.79 Å². The minimum atomic E-state index is 0.217. The lowest BCUT2D eigenvalue weighted by Crippen LogP contribution is -2.50. The fraction of sp³-hybridized carbons (Fsp3) is 0.917. The second kappa shape index (κ2) is 3.69. The Hall–Kier alpha value is -0.730. The van der Waals surface area contributed by atoms with Crippen molar-refractivity contribution in [2.75, 3.05) is 6.54 Å². The smallest absolute Gasteiger partial charge is 0.317 e. The fourth-order valence-corrected chi connectivity index (χ4v) is 3.19. The van der Waals surface area contributed by atoms with Crippen LogP contribution in [0.2, 0.25) is 0 Å². The maximum atomic E-state index is 12.0. The van der Waals surface area contributed by atoms with Gasteiger partial charge in [-0.3, -0.25) is 0 Å². The first-order chi connectivity index (χ1) is 7.34. The van der Waals surface area contributed by atoms with E-state index in [2.05, 4.69) is 10.2 Å². The van der Waals surface area contributed by atoms with Crippen molar-refractivity contribution in [1.82, 2.24) is 10.2 Å². The first kappa shape index (κ1) is 9.49. The first-order valence-corrected chi connectivity index (χ1v) is 6.42. The lowest BCUT2D eigenvalue weighted by Gasteiger charge is -2.37. The zero-order valence-corrected chi connectivity index (χ0v) is 9.24. The molecule has 15 heavy (non-hydrogen) atoms. The summed E-state index contributed by atoms with van der Waals surface area (Å²) >= 11 is 0. The van der Waals surface area contributed by atoms with Gasteiger partial charge in [-0.1, -0.05) is 6.42 Å². The van der Waals surface area contributed by atoms with Crippen LogP contribution in [0.5, 0.6) is 0 Å². The second-order valence-electron chi connectivity index (χ2n) is 5.32. The van der Waals surface area contributed by atoms with E-state index in [4.69, 9.17) is 0 Å². The van der Waals surface area contributed by atoms with E-state index >= 15 is 0 Å². The van der Waals surface area contributed by atoms with Crippen molar-refractivity contribution in [2.24, 2.45) is 5.92 Å². The molecule has 0 spiro atoms. The lowest BCUT2D eigenvalue weighted by atomic mass is 9.92. The molecule has 2 saturated carbocycles. The summed E-state index contributed by atoms with van der Waals surface area (Å²) in [5.41, 5.74) is 0. The Morgan fingerprint density at radius 2 is 1.87 bits per heavy atom. The highest BCUT2D eigenvalue weighted by atomic mass is 16.2. The number of nitrogens with one attached hydrogen (secondary N) is 1. The quantitative estimate of drug-likeness (QED) is 0.703. The normalized spacial score (nSPS) is 35.1. The molecule has 3 fully saturated rings. The summed E-state index contributed by atoms with van der Waals surface area (Å²) in [5, 5.41) is 3.12. The summed E-state index contributed by atoms with van der Waals surface area (Å²) in [6, 6.07) is 1.28. The van der Waals surface area contributed by atoms with Gasteiger partial charge >= 0.3 is 6.03 Å². The molecule has 0 bridgehead atoms. The van der Waals surface area contributed by atoms with Gasteiger partial charge in [-0.2, -0.15) is 0 Å². The third-order valence-corrected chi connectivity index (χ3v) is 4.16. The highest BCUT2D eigenvalue weighted by Crippen LogP contribution is 2.36. The molecule has 2 aliphatic carbocycles. The van der Waals surface area contributed by atoms with Gasteiger partial charge in [0.05, 0.1) is 0 Å². The van der Waals surface area contributed by atoms with Gasteiger partial charge in [-0.05, 0) is 44.4 Å². The summed E-state index contributed by atoms with van der Waals surface area (Å²) in [5.74, 6) is 0.809. The minimum Gasteiger partial charge on any atom is -0.335 e. The zero-order chi connectivity index (χ0) is 10.3. The molecule has 1 aliphatic heterocycles. The minimum absolute atomic E-state index is 0.217. The van der Waals surface area contributed by atoms with Crippen LogP contribution in [0.3, 0.4) is 0 Å². The number of piperidine rings is 1. The van der Waals surface area contributed by atoms with Crippen molar-refractivity contribution in [1.29, 1.82) is 0 Å². The number of hydrogen-bond donors (Lipinski definition) is 1. The third kappa shape index (κ3) is 1.84. The average Bonchev–Trinajstić information content (AvgIpc) is 2.93. The molecule has 2 atom stereocenters. The first-order valence-electron chi connectivity index (χ1n) is 6.42. The number of amides is 2. The van der Waals surface area contributed by atoms with E-state index in [1.54, 1.807) is 0 Å². The monoisotopic (exact) mass is 208 g/mol. The highest BCUT2D eigenvalue weighted by molar-refractivity contribution is 5.75. The van der Waals surface area contributed by atoms with Crippen LogP contribution in [0.1, 0.15) is 44.9 Å². The molecule has 0 radical (unpaired) electrons. The Labute approximate surface area is 91.2 Å². The molecule has 3 heteroatoms. The number of hydrogen-bond acceptors (Lipinski definition) is 1. The number of likely N-dealkylation sites (tertiary alicyclic amines) is 1. The molecule has 1 N–H and O–H groups in total. The topological polar surface area (TPSA) is 32.3 Å². The molecule has 1 heterocycles. The Balaban J connectivity index is 1.64. The molecule has 3 nitrogen and oxygen atoms in total. The zero-order valence-electron chi connectivity index (χ0n) is 9.24. The van der Waals surface area contributed by atoms with E-state index in [1.165, 1.54) is 44.9 Å². The lowest BCUT2D eigenvalue weighted by molar-refractivity contribution is 0.128. The third-order valence-electron chi connectivity index (χ3n) is 4.16. The number of fused-ring (bicyclic) bond motifs is 1. The molecular formula is C12H20N2O. The standard InChI is InChI=1S/C12H20N2O/c15-12(13-10-6-7-10)14-8-2-4-9-3-1-5-11(9)14/h9-11H,1-8H2,(H,13,15). The van der Waals surface area contributed by atoms with Crippen LogP contribution in [0.15, 0.2) is 0 Å². The summed E-state index contributed by atoms with van der Waals surface area (Å²) < 4.78 is 0. The van der Waals surface area contributed by atoms with Gasteiger partial charge in [0.15, 0.2) is 0 Å². The van der Waals surface area contributed by atoms with Crippen LogP contribution in [0.4, 0.5) is 4.79 Å². The van der Waals surface area contributed by atoms with Crippen LogP contribution in [-0.2, 0) is 0 Å². The van der Waals surface area contributed by atoms with Crippen molar-refractivity contribution >= 4 is 6.03 Å². The van der Waals surface area contributed by atoms with E-state index in [0.717, 1.165) is 12.5 Å². The molecule has 3 rings (SSSR count). The van der Waals surface area contributed by atoms with Crippen molar-refractivity contribution in [3.05, 3.63) is 0 Å². The van der Waals surface area contributed by atoms with E-state index in [0.29, 0.717) is 12.1 Å². The number of carbonyl (C=O) groups excluding carboxylic acids is 1. The Bertz CT molecular complexity index is 262. The van der Waals surface area contributed by atoms with Gasteiger partial charge in [0.25, 0.3) is 0 Å². The van der Waals surface area contributed by atoms with E-state index in [-0.39, 0.29) is 6.03 Å². The van der Waals surface area contributed by atoms with E-state index in [1.807, 2.05) is 0 Å². The SMILES string of the molecule is O=C(NC1CC1)N1CCCC2CCCC21. The molecule has 0 aromatic rings. The van der Waals surface area contributed by atoms with Crippen LogP contribution < -0.4 is 5.32 Å². The molecule has 0 aromatic heterocycles. The Morgan fingerprint density at radius 1 is 1.07 bits per heavy atom. The number of nitrogens with zero attached hydrogens (tertiary/aromatic N) is 1. The molecule has 1 saturated heterocycles. The highest BCUT2D eigenvalue weighted by Gasteiger charge is 2.38. The van der Waals surface area contributed by atoms with Gasteiger partial charge in [0.2, 0.25) is 0 Å². The number of carbonyl (C=O) groups is 1. The number of rotatable bonds is 1. The van der Waals surface area contributed by atoms with Crippen LogP contribution >= 0.6 is 0 Å². The summed E-state index contributed by atoms with van der Waals surface area (Å²) in [6.07, 6.45) is 8.83. The van der Waals surface area contributed by atoms with Crippen molar-refractivity contribution in [3.8, 4) is 0 Å². The van der Waals surface area contributed by atoms with Gasteiger partial charge in [-0.25, -0.2) is 4.79 Å². The Kier molecular flexibility index (Phi) is 2.33. The Morgan fingerprint density at radius 3 is 2.67 bits per heavy atom. The average molecular weight is 208 g/mol. The van der Waals surface area contributed by atoms with Crippen LogP contribution in [0, 0.1) is 5.92 Å². The predicted octanol–water partition coefficient (Wildman–Crippen LogP) is 2.12. The van der Waals surface area contributed by atoms with E-state index < -0.39 is 0 Å². The maximum Gasteiger partial charge on any atom is 0.317 e. The van der Waals surface area contributed by atoms with Gasteiger partial charge in [-0.15, -0.1) is 0 Å². The van der Waals surface area contributed by atoms with Crippen LogP contribution in [-0.4, -0.2) is 29.6 Å². The number of urea groups is 1. The van der Waals surface area contributed by atoms with Crippen molar-refractivity contribution in [2.45, 2.75) is 57.0 Å². The molecule has 2 amide bonds. The maximum absolute atomic E-state index is 12.0. The summed E-state index contributed by atoms with van der Waals surface area (Å²) in [7, 11) is 0. The molecule has 0 aromatic carbocycles. The van der Waals surface area contributed by atoms with Crippen LogP contribution in [0.25, 0.3) is 0 Å². The predicted molar refractivity (Wildman–Crippen MR) is 58.6 cm³/mol. The molecule has 3 aliphatic rings. The summed E-state index contributed by atoms with van der Waals surface area (Å²) in [4.78, 5) is 14.1.